The fourth-order valence-electron chi connectivity index (χ4n) is 1.26. The van der Waals surface area contributed by atoms with Gasteiger partial charge in [-0.05, 0) is 20.8 Å². The molecule has 1 saturated heterocycles. The van der Waals surface area contributed by atoms with Crippen molar-refractivity contribution < 1.29 is 4.79 Å². The molecule has 4 heteroatoms. The molecule has 0 aromatic heterocycles. The van der Waals surface area contributed by atoms with Crippen molar-refractivity contribution in [3.05, 3.63) is 0 Å². The van der Waals surface area contributed by atoms with E-state index >= 15 is 0 Å². The molecule has 0 aromatic rings. The standard InChI is InChI=1S/C9H18N2OS/c1-9(2,3)11-8(12)4-7-5-13-6-10-7/h7,10H,4-6H2,1-3H3,(H,11,12)/t7-/m1/s1. The first kappa shape index (κ1) is 10.9. The summed E-state index contributed by atoms with van der Waals surface area (Å²) < 4.78 is 0. The van der Waals surface area contributed by atoms with E-state index in [1.165, 1.54) is 0 Å². The van der Waals surface area contributed by atoms with E-state index < -0.39 is 0 Å². The molecule has 1 aliphatic heterocycles. The highest BCUT2D eigenvalue weighted by molar-refractivity contribution is 7.99. The summed E-state index contributed by atoms with van der Waals surface area (Å²) in [5.74, 6) is 2.18. The molecule has 1 rings (SSSR count). The van der Waals surface area contributed by atoms with Crippen LogP contribution in [0.2, 0.25) is 0 Å². The van der Waals surface area contributed by atoms with E-state index in [9.17, 15) is 4.79 Å². The van der Waals surface area contributed by atoms with Gasteiger partial charge in [0.1, 0.15) is 0 Å². The van der Waals surface area contributed by atoms with Crippen LogP contribution >= 0.6 is 11.8 Å². The molecule has 0 unspecified atom stereocenters. The highest BCUT2D eigenvalue weighted by Gasteiger charge is 2.20. The topological polar surface area (TPSA) is 41.1 Å². The molecule has 0 saturated carbocycles. The smallest absolute Gasteiger partial charge is 0.221 e. The summed E-state index contributed by atoms with van der Waals surface area (Å²) in [5, 5.41) is 6.23. The molecule has 1 atom stereocenters. The van der Waals surface area contributed by atoms with Crippen molar-refractivity contribution in [2.45, 2.75) is 38.8 Å². The number of carbonyl (C=O) groups excluding carboxylic acids is 1. The summed E-state index contributed by atoms with van der Waals surface area (Å²) in [7, 11) is 0. The second-order valence-electron chi connectivity index (χ2n) is 4.42. The van der Waals surface area contributed by atoms with Crippen LogP contribution < -0.4 is 10.6 Å². The zero-order valence-corrected chi connectivity index (χ0v) is 9.33. The lowest BCUT2D eigenvalue weighted by atomic mass is 10.1. The van der Waals surface area contributed by atoms with E-state index in [1.54, 1.807) is 0 Å². The van der Waals surface area contributed by atoms with Crippen LogP contribution in [0.15, 0.2) is 0 Å². The minimum absolute atomic E-state index is 0.108. The quantitative estimate of drug-likeness (QED) is 0.700. The number of amides is 1. The van der Waals surface area contributed by atoms with Crippen molar-refractivity contribution in [3.8, 4) is 0 Å². The Balaban J connectivity index is 2.24. The second-order valence-corrected chi connectivity index (χ2v) is 5.45. The maximum Gasteiger partial charge on any atom is 0.221 e. The first-order valence-electron chi connectivity index (χ1n) is 4.59. The Morgan fingerprint density at radius 3 is 2.77 bits per heavy atom. The van der Waals surface area contributed by atoms with Crippen molar-refractivity contribution in [3.63, 3.8) is 0 Å². The molecule has 13 heavy (non-hydrogen) atoms. The Labute approximate surface area is 84.0 Å². The highest BCUT2D eigenvalue weighted by Crippen LogP contribution is 2.12. The van der Waals surface area contributed by atoms with Crippen molar-refractivity contribution in [1.29, 1.82) is 0 Å². The van der Waals surface area contributed by atoms with Gasteiger partial charge in [-0.3, -0.25) is 4.79 Å². The number of nitrogens with one attached hydrogen (secondary N) is 2. The fraction of sp³-hybridized carbons (Fsp3) is 0.889. The Morgan fingerprint density at radius 1 is 1.62 bits per heavy atom. The highest BCUT2D eigenvalue weighted by atomic mass is 32.2. The molecule has 1 fully saturated rings. The molecular weight excluding hydrogens is 184 g/mol. The molecule has 1 amide bonds. The summed E-state index contributed by atoms with van der Waals surface area (Å²) in [4.78, 5) is 11.5. The predicted molar refractivity (Wildman–Crippen MR) is 56.8 cm³/mol. The van der Waals surface area contributed by atoms with E-state index in [0.717, 1.165) is 11.6 Å². The summed E-state index contributed by atoms with van der Waals surface area (Å²) >= 11 is 1.85. The van der Waals surface area contributed by atoms with Gasteiger partial charge >= 0.3 is 0 Å². The molecule has 0 spiro atoms. The summed E-state index contributed by atoms with van der Waals surface area (Å²) in [5.41, 5.74) is -0.108. The molecular formula is C9H18N2OS. The van der Waals surface area contributed by atoms with Crippen LogP contribution in [0.5, 0.6) is 0 Å². The first-order chi connectivity index (χ1) is 5.97. The third-order valence-corrected chi connectivity index (χ3v) is 2.75. The average Bonchev–Trinajstić information content (AvgIpc) is 2.34. The van der Waals surface area contributed by atoms with Crippen molar-refractivity contribution in [1.82, 2.24) is 10.6 Å². The van der Waals surface area contributed by atoms with Gasteiger partial charge in [0.05, 0.1) is 0 Å². The van der Waals surface area contributed by atoms with Gasteiger partial charge in [0.15, 0.2) is 0 Å². The van der Waals surface area contributed by atoms with E-state index in [4.69, 9.17) is 0 Å². The van der Waals surface area contributed by atoms with Gasteiger partial charge in [-0.15, -0.1) is 11.8 Å². The summed E-state index contributed by atoms with van der Waals surface area (Å²) in [6.45, 7) is 6.01. The van der Waals surface area contributed by atoms with Gasteiger partial charge in [0, 0.05) is 29.6 Å². The number of thioether (sulfide) groups is 1. The minimum atomic E-state index is -0.108. The molecule has 76 valence electrons. The van der Waals surface area contributed by atoms with Crippen molar-refractivity contribution >= 4 is 17.7 Å². The van der Waals surface area contributed by atoms with Gasteiger partial charge < -0.3 is 10.6 Å². The van der Waals surface area contributed by atoms with Crippen LogP contribution in [0.1, 0.15) is 27.2 Å². The SMILES string of the molecule is CC(C)(C)NC(=O)C[C@@H]1CSCN1. The molecule has 3 nitrogen and oxygen atoms in total. The van der Waals surface area contributed by atoms with Crippen LogP contribution in [0.3, 0.4) is 0 Å². The molecule has 0 aromatic carbocycles. The van der Waals surface area contributed by atoms with Crippen LogP contribution in [0.4, 0.5) is 0 Å². The largest absolute Gasteiger partial charge is 0.351 e. The van der Waals surface area contributed by atoms with E-state index in [0.29, 0.717) is 12.5 Å². The van der Waals surface area contributed by atoms with Gasteiger partial charge in [-0.2, -0.15) is 0 Å². The van der Waals surface area contributed by atoms with Crippen molar-refractivity contribution in [2.24, 2.45) is 0 Å². The third-order valence-electron chi connectivity index (χ3n) is 1.74. The molecule has 0 bridgehead atoms. The first-order valence-corrected chi connectivity index (χ1v) is 5.75. The summed E-state index contributed by atoms with van der Waals surface area (Å²) in [6, 6.07) is 0.368. The van der Waals surface area contributed by atoms with E-state index in [-0.39, 0.29) is 11.4 Å². The van der Waals surface area contributed by atoms with Gasteiger partial charge in [-0.1, -0.05) is 0 Å². The lowest BCUT2D eigenvalue weighted by Gasteiger charge is -2.21. The van der Waals surface area contributed by atoms with Crippen LogP contribution in [-0.4, -0.2) is 29.1 Å². The maximum absolute atomic E-state index is 11.5. The number of hydrogen-bond acceptors (Lipinski definition) is 3. The van der Waals surface area contributed by atoms with Gasteiger partial charge in [0.2, 0.25) is 5.91 Å². The van der Waals surface area contributed by atoms with Crippen LogP contribution in [-0.2, 0) is 4.79 Å². The Bertz CT molecular complexity index is 183. The predicted octanol–water partition coefficient (Wildman–Crippen LogP) is 0.954. The lowest BCUT2D eigenvalue weighted by molar-refractivity contribution is -0.122. The zero-order chi connectivity index (χ0) is 9.90. The van der Waals surface area contributed by atoms with Gasteiger partial charge in [0.25, 0.3) is 0 Å². The van der Waals surface area contributed by atoms with Gasteiger partial charge in [-0.25, -0.2) is 0 Å². The minimum Gasteiger partial charge on any atom is -0.351 e. The molecule has 1 heterocycles. The molecule has 0 aliphatic carbocycles. The van der Waals surface area contributed by atoms with Crippen LogP contribution in [0, 0.1) is 0 Å². The number of carbonyl (C=O) groups is 1. The van der Waals surface area contributed by atoms with Crippen molar-refractivity contribution in [2.75, 3.05) is 11.6 Å². The number of rotatable bonds is 2. The molecule has 0 radical (unpaired) electrons. The van der Waals surface area contributed by atoms with E-state index in [2.05, 4.69) is 10.6 Å². The second kappa shape index (κ2) is 4.33. The normalized spacial score (nSPS) is 23.2. The third kappa shape index (κ3) is 4.52. The zero-order valence-electron chi connectivity index (χ0n) is 8.52. The molecule has 1 aliphatic rings. The maximum atomic E-state index is 11.5. The Hall–Kier alpha value is -0.220. The average molecular weight is 202 g/mol. The molecule has 2 N–H and O–H groups in total. The monoisotopic (exact) mass is 202 g/mol. The fourth-order valence-corrected chi connectivity index (χ4v) is 2.25. The van der Waals surface area contributed by atoms with Crippen LogP contribution in [0.25, 0.3) is 0 Å². The van der Waals surface area contributed by atoms with E-state index in [1.807, 2.05) is 32.5 Å². The lowest BCUT2D eigenvalue weighted by Crippen LogP contribution is -2.43. The summed E-state index contributed by atoms with van der Waals surface area (Å²) in [6.07, 6.45) is 0.601. The Kier molecular flexibility index (Phi) is 3.62. The number of hydrogen-bond donors (Lipinski definition) is 2. The Morgan fingerprint density at radius 2 is 2.31 bits per heavy atom.